The number of amides is 1. The Morgan fingerprint density at radius 3 is 3.00 bits per heavy atom. The first-order valence-corrected chi connectivity index (χ1v) is 10.5. The van der Waals surface area contributed by atoms with Gasteiger partial charge in [-0.2, -0.15) is 4.98 Å². The molecule has 1 unspecified atom stereocenters. The van der Waals surface area contributed by atoms with Gasteiger partial charge < -0.3 is 30.0 Å². The van der Waals surface area contributed by atoms with E-state index in [1.165, 1.54) is 0 Å². The van der Waals surface area contributed by atoms with Gasteiger partial charge in [0, 0.05) is 24.8 Å². The minimum Gasteiger partial charge on any atom is -0.476 e. The van der Waals surface area contributed by atoms with Crippen LogP contribution in [0.15, 0.2) is 34.9 Å². The van der Waals surface area contributed by atoms with E-state index < -0.39 is 5.60 Å². The zero-order chi connectivity index (χ0) is 21.6. The lowest BCUT2D eigenvalue weighted by molar-refractivity contribution is -0.129. The van der Waals surface area contributed by atoms with Crippen molar-refractivity contribution in [2.24, 2.45) is 5.92 Å². The summed E-state index contributed by atoms with van der Waals surface area (Å²) in [5.74, 6) is 2.31. The standard InChI is InChI=1S/C22H26N6O3/c1-22(2)20(29)25-16-10-14(4-5-17(16)31-22)24-21-26-15-7-9-30-18(15)19(27-21)28-8-6-13(12-28)11-23-3/h4-5,7,9-10,13,23H,6,8,11-12H2,1-3H3,(H,25,29)(H,24,26,27). The Morgan fingerprint density at radius 2 is 2.16 bits per heavy atom. The molecule has 31 heavy (non-hydrogen) atoms. The molecule has 1 saturated heterocycles. The molecule has 1 amide bonds. The van der Waals surface area contributed by atoms with Gasteiger partial charge in [0.15, 0.2) is 17.0 Å². The monoisotopic (exact) mass is 422 g/mol. The Bertz CT molecular complexity index is 1140. The number of nitrogens with zero attached hydrogens (tertiary/aromatic N) is 3. The van der Waals surface area contributed by atoms with Crippen LogP contribution in [0.25, 0.3) is 11.1 Å². The number of aromatic nitrogens is 2. The summed E-state index contributed by atoms with van der Waals surface area (Å²) in [6.45, 7) is 6.31. The van der Waals surface area contributed by atoms with E-state index in [9.17, 15) is 4.79 Å². The van der Waals surface area contributed by atoms with E-state index in [-0.39, 0.29) is 5.91 Å². The van der Waals surface area contributed by atoms with Crippen molar-refractivity contribution >= 4 is 40.1 Å². The van der Waals surface area contributed by atoms with E-state index in [0.29, 0.717) is 28.9 Å². The van der Waals surface area contributed by atoms with Crippen molar-refractivity contribution in [3.63, 3.8) is 0 Å². The lowest BCUT2D eigenvalue weighted by atomic mass is 10.1. The van der Waals surface area contributed by atoms with Gasteiger partial charge in [-0.3, -0.25) is 4.79 Å². The predicted molar refractivity (Wildman–Crippen MR) is 119 cm³/mol. The van der Waals surface area contributed by atoms with Gasteiger partial charge in [-0.05, 0) is 58.0 Å². The van der Waals surface area contributed by atoms with Crippen molar-refractivity contribution < 1.29 is 13.9 Å². The van der Waals surface area contributed by atoms with Crippen LogP contribution in [0.4, 0.5) is 23.1 Å². The van der Waals surface area contributed by atoms with Crippen molar-refractivity contribution in [1.82, 2.24) is 15.3 Å². The molecule has 3 aromatic rings. The second-order valence-corrected chi connectivity index (χ2v) is 8.57. The molecule has 0 aliphatic carbocycles. The van der Waals surface area contributed by atoms with Gasteiger partial charge in [0.2, 0.25) is 5.95 Å². The molecule has 5 rings (SSSR count). The smallest absolute Gasteiger partial charge is 0.268 e. The molecule has 2 aromatic heterocycles. The van der Waals surface area contributed by atoms with Gasteiger partial charge in [0.05, 0.1) is 12.0 Å². The summed E-state index contributed by atoms with van der Waals surface area (Å²) >= 11 is 0. The highest BCUT2D eigenvalue weighted by Gasteiger charge is 2.35. The highest BCUT2D eigenvalue weighted by molar-refractivity contribution is 6.00. The van der Waals surface area contributed by atoms with Gasteiger partial charge in [0.25, 0.3) is 5.91 Å². The van der Waals surface area contributed by atoms with Gasteiger partial charge in [0.1, 0.15) is 11.3 Å². The molecule has 0 bridgehead atoms. The summed E-state index contributed by atoms with van der Waals surface area (Å²) in [5.41, 5.74) is 1.93. The third-order valence-electron chi connectivity index (χ3n) is 5.76. The lowest BCUT2D eigenvalue weighted by Gasteiger charge is -2.31. The van der Waals surface area contributed by atoms with E-state index in [4.69, 9.17) is 14.1 Å². The maximum absolute atomic E-state index is 12.2. The largest absolute Gasteiger partial charge is 0.476 e. The molecule has 2 aliphatic rings. The number of anilines is 4. The van der Waals surface area contributed by atoms with Crippen molar-refractivity contribution in [3.05, 3.63) is 30.5 Å². The van der Waals surface area contributed by atoms with E-state index in [0.717, 1.165) is 43.1 Å². The fraction of sp³-hybridized carbons (Fsp3) is 0.409. The molecule has 3 N–H and O–H groups in total. The summed E-state index contributed by atoms with van der Waals surface area (Å²) in [6.07, 6.45) is 2.75. The van der Waals surface area contributed by atoms with Crippen LogP contribution in [0.5, 0.6) is 5.75 Å². The summed E-state index contributed by atoms with van der Waals surface area (Å²) < 4.78 is 11.5. The van der Waals surface area contributed by atoms with Crippen LogP contribution in [0.3, 0.4) is 0 Å². The maximum atomic E-state index is 12.2. The molecule has 1 fully saturated rings. The molecular formula is C22H26N6O3. The molecule has 1 atom stereocenters. The Kier molecular flexibility index (Phi) is 4.70. The fourth-order valence-electron chi connectivity index (χ4n) is 4.12. The van der Waals surface area contributed by atoms with E-state index >= 15 is 0 Å². The Hall–Kier alpha value is -3.33. The average Bonchev–Trinajstić information content (AvgIpc) is 3.38. The van der Waals surface area contributed by atoms with Crippen molar-refractivity contribution in [1.29, 1.82) is 0 Å². The second-order valence-electron chi connectivity index (χ2n) is 8.57. The molecule has 4 heterocycles. The first-order valence-electron chi connectivity index (χ1n) is 10.5. The van der Waals surface area contributed by atoms with E-state index in [2.05, 4.69) is 25.8 Å². The Morgan fingerprint density at radius 1 is 1.29 bits per heavy atom. The Balaban J connectivity index is 1.43. The number of carbonyl (C=O) groups excluding carboxylic acids is 1. The van der Waals surface area contributed by atoms with Crippen LogP contribution >= 0.6 is 0 Å². The molecular weight excluding hydrogens is 396 g/mol. The number of ether oxygens (including phenoxy) is 1. The van der Waals surface area contributed by atoms with Crippen LogP contribution in [-0.2, 0) is 4.79 Å². The SMILES string of the molecule is CNCC1CCN(c2nc(Nc3ccc4c(c3)NC(=O)C(C)(C)O4)nc3ccoc23)C1. The normalized spacial score (nSPS) is 19.8. The minimum absolute atomic E-state index is 0.180. The van der Waals surface area contributed by atoms with Gasteiger partial charge in [-0.15, -0.1) is 0 Å². The van der Waals surface area contributed by atoms with Gasteiger partial charge in [-0.25, -0.2) is 4.98 Å². The number of furan rings is 1. The third-order valence-corrected chi connectivity index (χ3v) is 5.76. The van der Waals surface area contributed by atoms with Crippen LogP contribution < -0.4 is 25.6 Å². The highest BCUT2D eigenvalue weighted by Crippen LogP contribution is 2.36. The van der Waals surface area contributed by atoms with Gasteiger partial charge in [-0.1, -0.05) is 0 Å². The van der Waals surface area contributed by atoms with Crippen molar-refractivity contribution in [2.45, 2.75) is 25.9 Å². The minimum atomic E-state index is -0.896. The van der Waals surface area contributed by atoms with E-state index in [1.54, 1.807) is 20.1 Å². The topological polar surface area (TPSA) is 105 Å². The quantitative estimate of drug-likeness (QED) is 0.576. The van der Waals surface area contributed by atoms with Crippen LogP contribution in [0.2, 0.25) is 0 Å². The highest BCUT2D eigenvalue weighted by atomic mass is 16.5. The first-order chi connectivity index (χ1) is 14.9. The number of hydrogen-bond donors (Lipinski definition) is 3. The fourth-order valence-corrected chi connectivity index (χ4v) is 4.12. The van der Waals surface area contributed by atoms with Crippen molar-refractivity contribution in [2.75, 3.05) is 42.2 Å². The van der Waals surface area contributed by atoms with E-state index in [1.807, 2.05) is 31.3 Å². The first kappa shape index (κ1) is 19.6. The summed E-state index contributed by atoms with van der Waals surface area (Å²) in [5, 5.41) is 9.42. The average molecular weight is 422 g/mol. The number of rotatable bonds is 5. The van der Waals surface area contributed by atoms with Crippen LogP contribution in [-0.4, -0.2) is 48.2 Å². The second kappa shape index (κ2) is 7.42. The Labute approximate surface area is 180 Å². The molecule has 2 aliphatic heterocycles. The van der Waals surface area contributed by atoms with Crippen LogP contribution in [0.1, 0.15) is 20.3 Å². The number of hydrogen-bond acceptors (Lipinski definition) is 8. The molecule has 9 heteroatoms. The van der Waals surface area contributed by atoms with Crippen molar-refractivity contribution in [3.8, 4) is 5.75 Å². The lowest BCUT2D eigenvalue weighted by Crippen LogP contribution is -2.45. The molecule has 162 valence electrons. The predicted octanol–water partition coefficient (Wildman–Crippen LogP) is 3.12. The number of fused-ring (bicyclic) bond motifs is 2. The third kappa shape index (κ3) is 3.65. The molecule has 0 radical (unpaired) electrons. The summed E-state index contributed by atoms with van der Waals surface area (Å²) in [6, 6.07) is 7.38. The molecule has 0 spiro atoms. The van der Waals surface area contributed by atoms with Gasteiger partial charge >= 0.3 is 0 Å². The molecule has 0 saturated carbocycles. The zero-order valence-corrected chi connectivity index (χ0v) is 17.9. The number of nitrogens with one attached hydrogen (secondary N) is 3. The molecule has 1 aromatic carbocycles. The zero-order valence-electron chi connectivity index (χ0n) is 17.9. The molecule has 9 nitrogen and oxygen atoms in total. The number of carbonyl (C=O) groups is 1. The van der Waals surface area contributed by atoms with Crippen LogP contribution in [0, 0.1) is 5.92 Å². The maximum Gasteiger partial charge on any atom is 0.268 e. The summed E-state index contributed by atoms with van der Waals surface area (Å²) in [7, 11) is 1.98. The summed E-state index contributed by atoms with van der Waals surface area (Å²) in [4.78, 5) is 23.8. The number of benzene rings is 1.